The highest BCUT2D eigenvalue weighted by Crippen LogP contribution is 2.13. The lowest BCUT2D eigenvalue weighted by atomic mass is 10.0. The van der Waals surface area contributed by atoms with E-state index < -0.39 is 6.43 Å². The fourth-order valence-corrected chi connectivity index (χ4v) is 3.17. The molecule has 1 aromatic heterocycles. The molecule has 0 radical (unpaired) electrons. The number of piperidine rings is 1. The molecule has 2 aromatic rings. The molecule has 0 unspecified atom stereocenters. The van der Waals surface area contributed by atoms with E-state index in [1.54, 1.807) is 6.20 Å². The summed E-state index contributed by atoms with van der Waals surface area (Å²) in [6.45, 7) is 2.36. The van der Waals surface area contributed by atoms with Crippen molar-refractivity contribution < 1.29 is 8.78 Å². The largest absolute Gasteiger partial charge is 0.314 e. The van der Waals surface area contributed by atoms with Gasteiger partial charge in [-0.25, -0.2) is 13.5 Å². The molecular weight excluding hydrogens is 310 g/mol. The molecule has 1 aromatic carbocycles. The van der Waals surface area contributed by atoms with Crippen molar-refractivity contribution in [3.8, 4) is 5.69 Å². The number of aromatic nitrogens is 2. The molecule has 1 aliphatic heterocycles. The summed E-state index contributed by atoms with van der Waals surface area (Å²) in [5.41, 5.74) is 2.34. The summed E-state index contributed by atoms with van der Waals surface area (Å²) in [6.07, 6.45) is 4.34. The Hall–Kier alpha value is -1.79. The van der Waals surface area contributed by atoms with Crippen LogP contribution in [0.5, 0.6) is 0 Å². The van der Waals surface area contributed by atoms with Crippen molar-refractivity contribution in [2.24, 2.45) is 0 Å². The second-order valence-electron chi connectivity index (χ2n) is 6.29. The molecule has 24 heavy (non-hydrogen) atoms. The maximum Gasteiger partial charge on any atom is 0.251 e. The molecule has 0 spiro atoms. The number of nitrogens with zero attached hydrogens (tertiary/aromatic N) is 3. The standard InChI is InChI=1S/C18H24F2N4/c19-18(20)14-23-12-7-16(8-13-23)21-10-6-15-2-4-17(5-3-15)24-11-1-9-22-24/h1-5,9,11,16,18,21H,6-8,10,12-14H2. The third kappa shape index (κ3) is 4.85. The summed E-state index contributed by atoms with van der Waals surface area (Å²) in [7, 11) is 0. The normalized spacial score (nSPS) is 16.8. The van der Waals surface area contributed by atoms with Gasteiger partial charge in [-0.1, -0.05) is 12.1 Å². The van der Waals surface area contributed by atoms with Crippen molar-refractivity contribution in [2.75, 3.05) is 26.2 Å². The van der Waals surface area contributed by atoms with Crippen LogP contribution in [-0.4, -0.2) is 53.3 Å². The molecule has 1 saturated heterocycles. The summed E-state index contributed by atoms with van der Waals surface area (Å²) in [4.78, 5) is 1.86. The van der Waals surface area contributed by atoms with Gasteiger partial charge in [0.2, 0.25) is 0 Å². The highest BCUT2D eigenvalue weighted by Gasteiger charge is 2.20. The number of hydrogen-bond donors (Lipinski definition) is 1. The van der Waals surface area contributed by atoms with Gasteiger partial charge < -0.3 is 5.32 Å². The van der Waals surface area contributed by atoms with Gasteiger partial charge in [-0.15, -0.1) is 0 Å². The second-order valence-corrected chi connectivity index (χ2v) is 6.29. The number of likely N-dealkylation sites (tertiary alicyclic amines) is 1. The molecule has 6 heteroatoms. The maximum atomic E-state index is 12.4. The molecule has 1 aliphatic rings. The molecule has 130 valence electrons. The highest BCUT2D eigenvalue weighted by molar-refractivity contribution is 5.33. The Balaban J connectivity index is 1.38. The van der Waals surface area contributed by atoms with Gasteiger partial charge in [0.15, 0.2) is 0 Å². The molecule has 0 atom stereocenters. The van der Waals surface area contributed by atoms with Gasteiger partial charge in [0, 0.05) is 18.4 Å². The Morgan fingerprint density at radius 2 is 1.92 bits per heavy atom. The first-order valence-corrected chi connectivity index (χ1v) is 8.53. The van der Waals surface area contributed by atoms with Crippen molar-refractivity contribution in [2.45, 2.75) is 31.7 Å². The van der Waals surface area contributed by atoms with Crippen molar-refractivity contribution in [3.05, 3.63) is 48.3 Å². The minimum absolute atomic E-state index is 0.0880. The SMILES string of the molecule is FC(F)CN1CCC(NCCc2ccc(-n3cccn3)cc2)CC1. The van der Waals surface area contributed by atoms with Gasteiger partial charge in [0.1, 0.15) is 0 Å². The quantitative estimate of drug-likeness (QED) is 0.845. The summed E-state index contributed by atoms with van der Waals surface area (Å²) in [5.74, 6) is 0. The van der Waals surface area contributed by atoms with Crippen LogP contribution in [0.3, 0.4) is 0 Å². The minimum atomic E-state index is -2.22. The molecule has 2 heterocycles. The van der Waals surface area contributed by atoms with E-state index in [-0.39, 0.29) is 6.54 Å². The topological polar surface area (TPSA) is 33.1 Å². The van der Waals surface area contributed by atoms with Crippen molar-refractivity contribution >= 4 is 0 Å². The third-order valence-electron chi connectivity index (χ3n) is 4.54. The van der Waals surface area contributed by atoms with Gasteiger partial charge in [0.25, 0.3) is 6.43 Å². The zero-order valence-corrected chi connectivity index (χ0v) is 13.7. The van der Waals surface area contributed by atoms with Crippen molar-refractivity contribution in [1.82, 2.24) is 20.0 Å². The lowest BCUT2D eigenvalue weighted by Crippen LogP contribution is -2.44. The van der Waals surface area contributed by atoms with Gasteiger partial charge in [-0.05, 0) is 62.7 Å². The fraction of sp³-hybridized carbons (Fsp3) is 0.500. The molecule has 0 saturated carbocycles. The van der Waals surface area contributed by atoms with Gasteiger partial charge >= 0.3 is 0 Å². The zero-order valence-electron chi connectivity index (χ0n) is 13.7. The number of halogens is 2. The van der Waals surface area contributed by atoms with Crippen molar-refractivity contribution in [1.29, 1.82) is 0 Å². The first-order valence-electron chi connectivity index (χ1n) is 8.53. The highest BCUT2D eigenvalue weighted by atomic mass is 19.3. The molecule has 4 nitrogen and oxygen atoms in total. The summed E-state index contributed by atoms with van der Waals surface area (Å²) in [5, 5.41) is 7.77. The zero-order chi connectivity index (χ0) is 16.8. The van der Waals surface area contributed by atoms with Gasteiger partial charge in [-0.2, -0.15) is 5.10 Å². The lowest BCUT2D eigenvalue weighted by molar-refractivity contribution is 0.0731. The Morgan fingerprint density at radius 3 is 2.54 bits per heavy atom. The first kappa shape index (κ1) is 17.0. The smallest absolute Gasteiger partial charge is 0.251 e. The van der Waals surface area contributed by atoms with Crippen LogP contribution >= 0.6 is 0 Å². The number of nitrogens with one attached hydrogen (secondary N) is 1. The van der Waals surface area contributed by atoms with Gasteiger partial charge in [0.05, 0.1) is 12.2 Å². The van der Waals surface area contributed by atoms with E-state index in [2.05, 4.69) is 34.7 Å². The average Bonchev–Trinajstić information content (AvgIpc) is 3.11. The van der Waals surface area contributed by atoms with E-state index in [4.69, 9.17) is 0 Å². The van der Waals surface area contributed by atoms with E-state index in [0.717, 1.165) is 44.6 Å². The van der Waals surface area contributed by atoms with Crippen LogP contribution in [0.2, 0.25) is 0 Å². The second kappa shape index (κ2) is 8.35. The van der Waals surface area contributed by atoms with Crippen LogP contribution in [0, 0.1) is 0 Å². The monoisotopic (exact) mass is 334 g/mol. The molecular formula is C18H24F2N4. The number of alkyl halides is 2. The third-order valence-corrected chi connectivity index (χ3v) is 4.54. The number of hydrogen-bond acceptors (Lipinski definition) is 3. The average molecular weight is 334 g/mol. The summed E-state index contributed by atoms with van der Waals surface area (Å²) >= 11 is 0. The van der Waals surface area contributed by atoms with Crippen LogP contribution in [0.25, 0.3) is 5.69 Å². The summed E-state index contributed by atoms with van der Waals surface area (Å²) < 4.78 is 26.6. The maximum absolute atomic E-state index is 12.4. The van der Waals surface area contributed by atoms with E-state index in [1.165, 1.54) is 5.56 Å². The molecule has 3 rings (SSSR count). The van der Waals surface area contributed by atoms with Crippen molar-refractivity contribution in [3.63, 3.8) is 0 Å². The van der Waals surface area contributed by atoms with Crippen LogP contribution in [0.15, 0.2) is 42.7 Å². The van der Waals surface area contributed by atoms with Crippen LogP contribution in [-0.2, 0) is 6.42 Å². The Labute approximate surface area is 141 Å². The molecule has 1 fully saturated rings. The van der Waals surface area contributed by atoms with Gasteiger partial charge in [-0.3, -0.25) is 4.90 Å². The minimum Gasteiger partial charge on any atom is -0.314 e. The first-order chi connectivity index (χ1) is 11.7. The molecule has 0 aliphatic carbocycles. The van der Waals surface area contributed by atoms with E-state index >= 15 is 0 Å². The Morgan fingerprint density at radius 1 is 1.17 bits per heavy atom. The van der Waals surface area contributed by atoms with E-state index in [9.17, 15) is 8.78 Å². The fourth-order valence-electron chi connectivity index (χ4n) is 3.17. The Bertz CT molecular complexity index is 590. The van der Waals surface area contributed by atoms with E-state index in [1.807, 2.05) is 21.8 Å². The molecule has 0 amide bonds. The van der Waals surface area contributed by atoms with Crippen LogP contribution < -0.4 is 5.32 Å². The Kier molecular flexibility index (Phi) is 5.93. The predicted molar refractivity (Wildman–Crippen MR) is 90.7 cm³/mol. The molecule has 0 bridgehead atoms. The predicted octanol–water partition coefficient (Wildman–Crippen LogP) is 2.73. The summed E-state index contributed by atoms with van der Waals surface area (Å²) in [6, 6.07) is 10.8. The van der Waals surface area contributed by atoms with Crippen LogP contribution in [0.1, 0.15) is 18.4 Å². The van der Waals surface area contributed by atoms with Crippen LogP contribution in [0.4, 0.5) is 8.78 Å². The number of rotatable bonds is 7. The lowest BCUT2D eigenvalue weighted by Gasteiger charge is -2.32. The molecule has 1 N–H and O–H groups in total. The van der Waals surface area contributed by atoms with E-state index in [0.29, 0.717) is 6.04 Å². The number of benzene rings is 1.